The first-order valence-electron chi connectivity index (χ1n) is 4.79. The predicted octanol–water partition coefficient (Wildman–Crippen LogP) is -0.253. The molecule has 2 N–H and O–H groups in total. The number of amides is 1. The zero-order valence-electron chi connectivity index (χ0n) is 8.30. The molecule has 0 aromatic heterocycles. The average molecular weight is 186 g/mol. The van der Waals surface area contributed by atoms with Gasteiger partial charge in [0.25, 0.3) is 0 Å². The highest BCUT2D eigenvalue weighted by Crippen LogP contribution is 1.94. The number of carbonyl (C=O) groups excluding carboxylic acids is 1. The van der Waals surface area contributed by atoms with Crippen LogP contribution in [0.15, 0.2) is 0 Å². The molecule has 4 nitrogen and oxygen atoms in total. The molecule has 13 heavy (non-hydrogen) atoms. The largest absolute Gasteiger partial charge is 0.378 e. The molecule has 4 heteroatoms. The van der Waals surface area contributed by atoms with Crippen molar-refractivity contribution in [2.45, 2.75) is 19.9 Å². The molecular weight excluding hydrogens is 168 g/mol. The van der Waals surface area contributed by atoms with Crippen molar-refractivity contribution in [3.8, 4) is 0 Å². The summed E-state index contributed by atoms with van der Waals surface area (Å²) in [4.78, 5) is 11.2. The molecule has 1 aliphatic rings. The van der Waals surface area contributed by atoms with Gasteiger partial charge in [0.15, 0.2) is 0 Å². The Balaban J connectivity index is 2.13. The Morgan fingerprint density at radius 1 is 1.69 bits per heavy atom. The van der Waals surface area contributed by atoms with E-state index in [0.29, 0.717) is 13.2 Å². The summed E-state index contributed by atoms with van der Waals surface area (Å²) in [5, 5.41) is 6.14. The fourth-order valence-electron chi connectivity index (χ4n) is 1.18. The molecule has 0 aromatic rings. The second-order valence-corrected chi connectivity index (χ2v) is 3.63. The molecule has 1 unspecified atom stereocenters. The Morgan fingerprint density at radius 2 is 2.46 bits per heavy atom. The summed E-state index contributed by atoms with van der Waals surface area (Å²) in [6.45, 7) is 6.78. The van der Waals surface area contributed by atoms with Crippen molar-refractivity contribution in [1.82, 2.24) is 10.6 Å². The molecule has 0 bridgehead atoms. The smallest absolute Gasteiger partial charge is 0.222 e. The van der Waals surface area contributed by atoms with Gasteiger partial charge < -0.3 is 15.4 Å². The van der Waals surface area contributed by atoms with E-state index in [1.54, 1.807) is 0 Å². The molecule has 0 aromatic carbocycles. The minimum Gasteiger partial charge on any atom is -0.378 e. The van der Waals surface area contributed by atoms with E-state index in [0.717, 1.165) is 13.2 Å². The predicted molar refractivity (Wildman–Crippen MR) is 50.5 cm³/mol. The number of nitrogens with one attached hydrogen (secondary N) is 2. The number of morpholine rings is 1. The topological polar surface area (TPSA) is 50.4 Å². The summed E-state index contributed by atoms with van der Waals surface area (Å²) in [5.41, 5.74) is 0. The van der Waals surface area contributed by atoms with Crippen LogP contribution in [0.25, 0.3) is 0 Å². The van der Waals surface area contributed by atoms with Gasteiger partial charge in [0, 0.05) is 25.0 Å². The van der Waals surface area contributed by atoms with Crippen LogP contribution in [-0.4, -0.2) is 38.3 Å². The summed E-state index contributed by atoms with van der Waals surface area (Å²) in [6.07, 6.45) is 0. The van der Waals surface area contributed by atoms with Crippen molar-refractivity contribution in [2.75, 3.05) is 26.3 Å². The Labute approximate surface area is 79.0 Å². The zero-order valence-corrected chi connectivity index (χ0v) is 8.30. The van der Waals surface area contributed by atoms with Crippen LogP contribution in [0.1, 0.15) is 13.8 Å². The van der Waals surface area contributed by atoms with Gasteiger partial charge in [0.05, 0.1) is 13.2 Å². The minimum absolute atomic E-state index is 0.0597. The van der Waals surface area contributed by atoms with Gasteiger partial charge in [0.1, 0.15) is 0 Å². The van der Waals surface area contributed by atoms with E-state index in [2.05, 4.69) is 10.6 Å². The van der Waals surface area contributed by atoms with E-state index in [1.165, 1.54) is 0 Å². The summed E-state index contributed by atoms with van der Waals surface area (Å²) in [5.74, 6) is 0.164. The quantitative estimate of drug-likeness (QED) is 0.639. The van der Waals surface area contributed by atoms with Gasteiger partial charge in [-0.2, -0.15) is 0 Å². The molecule has 0 spiro atoms. The maximum absolute atomic E-state index is 11.2. The summed E-state index contributed by atoms with van der Waals surface area (Å²) in [6, 6.07) is 0.274. The third kappa shape index (κ3) is 3.74. The summed E-state index contributed by atoms with van der Waals surface area (Å²) in [7, 11) is 0. The van der Waals surface area contributed by atoms with Crippen LogP contribution >= 0.6 is 0 Å². The molecule has 76 valence electrons. The van der Waals surface area contributed by atoms with Gasteiger partial charge in [-0.05, 0) is 0 Å². The van der Waals surface area contributed by atoms with Crippen molar-refractivity contribution in [2.24, 2.45) is 5.92 Å². The van der Waals surface area contributed by atoms with Crippen LogP contribution < -0.4 is 10.6 Å². The molecule has 0 saturated carbocycles. The first kappa shape index (κ1) is 10.5. The van der Waals surface area contributed by atoms with Gasteiger partial charge in [0.2, 0.25) is 5.91 Å². The van der Waals surface area contributed by atoms with E-state index in [4.69, 9.17) is 4.74 Å². The van der Waals surface area contributed by atoms with E-state index >= 15 is 0 Å². The van der Waals surface area contributed by atoms with Gasteiger partial charge in [-0.3, -0.25) is 4.79 Å². The van der Waals surface area contributed by atoms with Crippen molar-refractivity contribution in [3.05, 3.63) is 0 Å². The molecule has 1 atom stereocenters. The van der Waals surface area contributed by atoms with E-state index < -0.39 is 0 Å². The molecule has 1 aliphatic heterocycles. The summed E-state index contributed by atoms with van der Waals surface area (Å²) >= 11 is 0. The second-order valence-electron chi connectivity index (χ2n) is 3.63. The molecule has 1 amide bonds. The Hall–Kier alpha value is -0.610. The van der Waals surface area contributed by atoms with Crippen LogP contribution in [0, 0.1) is 5.92 Å². The third-order valence-electron chi connectivity index (χ3n) is 2.05. The molecule has 0 aliphatic carbocycles. The molecule has 0 radical (unpaired) electrons. The highest BCUT2D eigenvalue weighted by molar-refractivity contribution is 5.77. The molecule has 1 heterocycles. The Kier molecular flexibility index (Phi) is 4.18. The van der Waals surface area contributed by atoms with Crippen molar-refractivity contribution < 1.29 is 9.53 Å². The van der Waals surface area contributed by atoms with Gasteiger partial charge >= 0.3 is 0 Å². The first-order valence-corrected chi connectivity index (χ1v) is 4.79. The molecule has 1 saturated heterocycles. The highest BCUT2D eigenvalue weighted by atomic mass is 16.5. The number of ether oxygens (including phenoxy) is 1. The van der Waals surface area contributed by atoms with Gasteiger partial charge in [-0.15, -0.1) is 0 Å². The van der Waals surface area contributed by atoms with E-state index in [-0.39, 0.29) is 17.9 Å². The number of hydrogen-bond acceptors (Lipinski definition) is 3. The van der Waals surface area contributed by atoms with Crippen LogP contribution in [-0.2, 0) is 9.53 Å². The molecule has 1 fully saturated rings. The maximum atomic E-state index is 11.2. The van der Waals surface area contributed by atoms with Crippen molar-refractivity contribution >= 4 is 5.91 Å². The summed E-state index contributed by atoms with van der Waals surface area (Å²) < 4.78 is 5.26. The highest BCUT2D eigenvalue weighted by Gasteiger charge is 2.14. The lowest BCUT2D eigenvalue weighted by Gasteiger charge is -2.24. The fourth-order valence-corrected chi connectivity index (χ4v) is 1.18. The van der Waals surface area contributed by atoms with Crippen LogP contribution in [0.2, 0.25) is 0 Å². The Morgan fingerprint density at radius 3 is 3.00 bits per heavy atom. The van der Waals surface area contributed by atoms with Crippen LogP contribution in [0.5, 0.6) is 0 Å². The normalized spacial score (nSPS) is 23.2. The molecular formula is C9H18N2O2. The number of carbonyl (C=O) groups is 1. The second kappa shape index (κ2) is 5.19. The van der Waals surface area contributed by atoms with E-state index in [9.17, 15) is 4.79 Å². The van der Waals surface area contributed by atoms with Gasteiger partial charge in [-0.25, -0.2) is 0 Å². The lowest BCUT2D eigenvalue weighted by molar-refractivity contribution is -0.124. The molecule has 1 rings (SSSR count). The van der Waals surface area contributed by atoms with Gasteiger partial charge in [-0.1, -0.05) is 13.8 Å². The van der Waals surface area contributed by atoms with Crippen molar-refractivity contribution in [1.29, 1.82) is 0 Å². The zero-order chi connectivity index (χ0) is 9.68. The van der Waals surface area contributed by atoms with Crippen LogP contribution in [0.3, 0.4) is 0 Å². The standard InChI is InChI=1S/C9H18N2O2/c1-7(2)9(12)11-5-8-6-13-4-3-10-8/h7-8,10H,3-6H2,1-2H3,(H,11,12). The Bertz CT molecular complexity index is 165. The third-order valence-corrected chi connectivity index (χ3v) is 2.05. The minimum atomic E-state index is 0.0597. The average Bonchev–Trinajstić information content (AvgIpc) is 2.15. The lowest BCUT2D eigenvalue weighted by Crippen LogP contribution is -2.48. The first-order chi connectivity index (χ1) is 6.20. The van der Waals surface area contributed by atoms with E-state index in [1.807, 2.05) is 13.8 Å². The SMILES string of the molecule is CC(C)C(=O)NCC1COCCN1. The number of hydrogen-bond donors (Lipinski definition) is 2. The fraction of sp³-hybridized carbons (Fsp3) is 0.889. The monoisotopic (exact) mass is 186 g/mol. The van der Waals surface area contributed by atoms with Crippen molar-refractivity contribution in [3.63, 3.8) is 0 Å². The van der Waals surface area contributed by atoms with Crippen LogP contribution in [0.4, 0.5) is 0 Å². The maximum Gasteiger partial charge on any atom is 0.222 e. The number of rotatable bonds is 3. The lowest BCUT2D eigenvalue weighted by atomic mass is 10.2.